The van der Waals surface area contributed by atoms with Crippen molar-refractivity contribution >= 4 is 31.9 Å². The van der Waals surface area contributed by atoms with Crippen LogP contribution in [0.25, 0.3) is 21.8 Å². The van der Waals surface area contributed by atoms with Crippen LogP contribution >= 0.6 is 0 Å². The minimum absolute atomic E-state index is 0.0851. The van der Waals surface area contributed by atoms with E-state index in [2.05, 4.69) is 17.1 Å². The summed E-state index contributed by atoms with van der Waals surface area (Å²) >= 11 is 0. The molecule has 0 aliphatic heterocycles. The molecule has 0 aliphatic rings. The van der Waals surface area contributed by atoms with Crippen LogP contribution in [0, 0.1) is 27.7 Å². The fourth-order valence-corrected chi connectivity index (χ4v) is 4.54. The van der Waals surface area contributed by atoms with Gasteiger partial charge in [0.15, 0.2) is 0 Å². The molecule has 2 aromatic heterocycles. The summed E-state index contributed by atoms with van der Waals surface area (Å²) in [4.78, 5) is 3.29. The lowest BCUT2D eigenvalue weighted by atomic mass is 10.1. The zero-order chi connectivity index (χ0) is 20.6. The third kappa shape index (κ3) is 3.72. The van der Waals surface area contributed by atoms with E-state index < -0.39 is 10.1 Å². The Kier molecular flexibility index (Phi) is 5.14. The fraction of sp³-hybridized carbons (Fsp3) is 0.190. The van der Waals surface area contributed by atoms with Crippen molar-refractivity contribution in [3.63, 3.8) is 0 Å². The van der Waals surface area contributed by atoms with Gasteiger partial charge in [-0.05, 0) is 38.0 Å². The first-order valence-electron chi connectivity index (χ1n) is 8.80. The number of hydrogen-bond acceptors (Lipinski definition) is 4. The first kappa shape index (κ1) is 19.9. The van der Waals surface area contributed by atoms with Crippen LogP contribution in [0.5, 0.6) is 0 Å². The number of nitrogens with zero attached hydrogens (tertiary/aromatic N) is 1. The summed E-state index contributed by atoms with van der Waals surface area (Å²) in [5.74, 6) is 5.84. The molecule has 0 aliphatic carbocycles. The Morgan fingerprint density at radius 3 is 2.18 bits per heavy atom. The molecule has 3 N–H and O–H groups in total. The number of aromatic nitrogens is 2. The third-order valence-electron chi connectivity index (χ3n) is 4.74. The van der Waals surface area contributed by atoms with Gasteiger partial charge in [-0.1, -0.05) is 40.6 Å². The maximum absolute atomic E-state index is 10.8. The number of nitrogens with two attached hydrogens (primary N) is 1. The van der Waals surface area contributed by atoms with Crippen molar-refractivity contribution in [3.8, 4) is 0 Å². The first-order valence-corrected chi connectivity index (χ1v) is 10.2. The van der Waals surface area contributed by atoms with Crippen molar-refractivity contribution in [2.24, 2.45) is 0 Å². The summed E-state index contributed by atoms with van der Waals surface area (Å²) in [6.45, 7) is 7.15. The van der Waals surface area contributed by atoms with Crippen molar-refractivity contribution in [2.45, 2.75) is 32.6 Å². The van der Waals surface area contributed by atoms with Gasteiger partial charge in [0.05, 0.1) is 15.8 Å². The summed E-state index contributed by atoms with van der Waals surface area (Å²) in [6, 6.07) is 13.7. The minimum Gasteiger partial charge on any atom is -0.744 e. The highest BCUT2D eigenvalue weighted by Gasteiger charge is 2.13. The van der Waals surface area contributed by atoms with Crippen LogP contribution in [0.2, 0.25) is 0 Å². The molecule has 0 atom stereocenters. The average molecular weight is 398 g/mol. The van der Waals surface area contributed by atoms with Gasteiger partial charge in [0.1, 0.15) is 10.1 Å². The van der Waals surface area contributed by atoms with Gasteiger partial charge in [-0.15, -0.1) is 0 Å². The van der Waals surface area contributed by atoms with Crippen LogP contribution in [0.15, 0.2) is 53.6 Å². The number of nitrogen functional groups attached to an aromatic ring is 1. The smallest absolute Gasteiger partial charge is 0.218 e. The summed E-state index contributed by atoms with van der Waals surface area (Å²) < 4.78 is 34.1. The zero-order valence-electron chi connectivity index (χ0n) is 16.3. The van der Waals surface area contributed by atoms with Gasteiger partial charge >= 0.3 is 0 Å². The molecule has 4 aromatic rings. The lowest BCUT2D eigenvalue weighted by Gasteiger charge is -2.14. The number of para-hydroxylation sites is 1. The van der Waals surface area contributed by atoms with Gasteiger partial charge in [-0.3, -0.25) is 0 Å². The van der Waals surface area contributed by atoms with Gasteiger partial charge < -0.3 is 9.54 Å². The highest BCUT2D eigenvalue weighted by atomic mass is 32.2. The summed E-state index contributed by atoms with van der Waals surface area (Å²) in [7, 11) is -4.33. The molecule has 2 aromatic carbocycles. The van der Waals surface area contributed by atoms with Crippen LogP contribution in [0.3, 0.4) is 0 Å². The molecule has 6 nitrogen and oxygen atoms in total. The number of benzene rings is 2. The van der Waals surface area contributed by atoms with Gasteiger partial charge in [-0.25, -0.2) is 14.3 Å². The Hall–Kier alpha value is -2.90. The van der Waals surface area contributed by atoms with E-state index in [0.29, 0.717) is 11.1 Å². The summed E-state index contributed by atoms with van der Waals surface area (Å²) in [6.07, 6.45) is 1.87. The number of hydrogen-bond donors (Lipinski definition) is 2. The van der Waals surface area contributed by atoms with E-state index >= 15 is 0 Å². The van der Waals surface area contributed by atoms with Crippen LogP contribution in [-0.4, -0.2) is 18.0 Å². The van der Waals surface area contributed by atoms with Crippen LogP contribution < -0.4 is 10.5 Å². The zero-order valence-corrected chi connectivity index (χ0v) is 17.1. The highest BCUT2D eigenvalue weighted by Crippen LogP contribution is 2.25. The molecule has 2 heterocycles. The first-order chi connectivity index (χ1) is 13.1. The van der Waals surface area contributed by atoms with Crippen molar-refractivity contribution in [3.05, 3.63) is 71.0 Å². The Bertz CT molecular complexity index is 1270. The van der Waals surface area contributed by atoms with Crippen molar-refractivity contribution in [1.82, 2.24) is 4.98 Å². The van der Waals surface area contributed by atoms with Crippen LogP contribution in [-0.2, 0) is 10.1 Å². The van der Waals surface area contributed by atoms with E-state index in [0.717, 1.165) is 22.3 Å². The molecular formula is C21H23N3O3S. The van der Waals surface area contributed by atoms with Crippen LogP contribution in [0.4, 0.5) is 0 Å². The fourth-order valence-electron chi connectivity index (χ4n) is 3.63. The molecule has 7 heteroatoms. The van der Waals surface area contributed by atoms with E-state index in [-0.39, 0.29) is 4.90 Å². The number of rotatable bonds is 1. The van der Waals surface area contributed by atoms with E-state index in [1.54, 1.807) is 30.7 Å². The Morgan fingerprint density at radius 1 is 0.964 bits per heavy atom. The standard InChI is InChI=1S/C12H11N3.C9H12O3S/c1-8-12-9-4-2-3-5-10(9)14-11(12)6-7-15(8)13;1-6-4-7(2)9(8(3)5-6)13(10,11)12/h2-7H,13H2,1H3;4-5H,1-3H3,(H,10,11,12). The van der Waals surface area contributed by atoms with Crippen LogP contribution in [0.1, 0.15) is 22.4 Å². The maximum Gasteiger partial charge on any atom is 0.218 e. The number of nitrogens with one attached hydrogen (secondary N) is 1. The molecule has 28 heavy (non-hydrogen) atoms. The second kappa shape index (κ2) is 7.26. The Labute approximate surface area is 164 Å². The normalized spacial score (nSPS) is 11.5. The third-order valence-corrected chi connectivity index (χ3v) is 5.88. The minimum atomic E-state index is -4.33. The predicted octanol–water partition coefficient (Wildman–Crippen LogP) is 3.15. The van der Waals surface area contributed by atoms with E-state index in [9.17, 15) is 13.0 Å². The maximum atomic E-state index is 10.8. The second-order valence-corrected chi connectivity index (χ2v) is 8.27. The SMILES string of the molecule is Cc1c2c(cc[n+]1N)[nH]c1ccccc12.Cc1cc(C)c(S(=O)(=O)[O-])c(C)c1. The van der Waals surface area contributed by atoms with E-state index in [1.165, 1.54) is 10.8 Å². The van der Waals surface area contributed by atoms with Crippen molar-refractivity contribution in [2.75, 3.05) is 5.84 Å². The molecule has 4 rings (SSSR count). The molecule has 0 unspecified atom stereocenters. The molecule has 146 valence electrons. The van der Waals surface area contributed by atoms with Gasteiger partial charge in [0, 0.05) is 23.9 Å². The molecule has 0 saturated heterocycles. The molecule has 0 radical (unpaired) electrons. The number of fused-ring (bicyclic) bond motifs is 3. The second-order valence-electron chi connectivity index (χ2n) is 6.95. The lowest BCUT2D eigenvalue weighted by Crippen LogP contribution is -2.46. The molecule has 0 fully saturated rings. The van der Waals surface area contributed by atoms with E-state index in [1.807, 2.05) is 38.2 Å². The highest BCUT2D eigenvalue weighted by molar-refractivity contribution is 7.85. The number of aryl methyl sites for hydroxylation is 4. The molecule has 0 bridgehead atoms. The average Bonchev–Trinajstić information content (AvgIpc) is 2.95. The summed E-state index contributed by atoms with van der Waals surface area (Å²) in [5, 5.41) is 2.43. The molecule has 0 amide bonds. The predicted molar refractivity (Wildman–Crippen MR) is 110 cm³/mol. The summed E-state index contributed by atoms with van der Waals surface area (Å²) in [5.41, 5.74) is 5.37. The molecule has 0 saturated carbocycles. The number of H-pyrrole nitrogens is 1. The number of aromatic amines is 1. The Morgan fingerprint density at radius 2 is 1.57 bits per heavy atom. The van der Waals surface area contributed by atoms with Crippen molar-refractivity contribution in [1.29, 1.82) is 0 Å². The largest absolute Gasteiger partial charge is 0.744 e. The van der Waals surface area contributed by atoms with Crippen molar-refractivity contribution < 1.29 is 17.6 Å². The Balaban J connectivity index is 0.000000163. The van der Waals surface area contributed by atoms with Gasteiger partial charge in [0.2, 0.25) is 11.9 Å². The quantitative estimate of drug-likeness (QED) is 0.292. The lowest BCUT2D eigenvalue weighted by molar-refractivity contribution is -0.643. The van der Waals surface area contributed by atoms with E-state index in [4.69, 9.17) is 5.84 Å². The van der Waals surface area contributed by atoms with Gasteiger partial charge in [0.25, 0.3) is 0 Å². The topological polar surface area (TPSA) is 103 Å². The number of pyridine rings is 1. The molecule has 0 spiro atoms. The molecular weight excluding hydrogens is 374 g/mol. The van der Waals surface area contributed by atoms with Gasteiger partial charge in [-0.2, -0.15) is 0 Å². The monoisotopic (exact) mass is 397 g/mol.